The average Bonchev–Trinajstić information content (AvgIpc) is 2.86. The molecule has 21 heavy (non-hydrogen) atoms. The van der Waals surface area contributed by atoms with Crippen LogP contribution in [0.4, 0.5) is 0 Å². The van der Waals surface area contributed by atoms with Gasteiger partial charge in [0.25, 0.3) is 0 Å². The standard InChI is InChI=1S/C15H10BrCl2N3/c16-11-6-7-13(19-9-11)21-15(18)12(8-17)14(20-21)10-4-2-1-3-5-10/h1-7,9H,8H2. The minimum atomic E-state index is 0.291. The molecule has 106 valence electrons. The Balaban J connectivity index is 2.16. The van der Waals surface area contributed by atoms with Gasteiger partial charge in [-0.25, -0.2) is 9.67 Å². The Morgan fingerprint density at radius 2 is 1.86 bits per heavy atom. The predicted molar refractivity (Wildman–Crippen MR) is 89.1 cm³/mol. The van der Waals surface area contributed by atoms with Crippen molar-refractivity contribution in [2.24, 2.45) is 0 Å². The quantitative estimate of drug-likeness (QED) is 0.590. The Morgan fingerprint density at radius 1 is 1.10 bits per heavy atom. The van der Waals surface area contributed by atoms with Crippen molar-refractivity contribution in [1.29, 1.82) is 0 Å². The summed E-state index contributed by atoms with van der Waals surface area (Å²) in [6.45, 7) is 0. The average molecular weight is 383 g/mol. The van der Waals surface area contributed by atoms with E-state index in [1.807, 2.05) is 42.5 Å². The van der Waals surface area contributed by atoms with Gasteiger partial charge in [0.15, 0.2) is 5.82 Å². The molecule has 2 aromatic heterocycles. The van der Waals surface area contributed by atoms with Gasteiger partial charge in [-0.1, -0.05) is 41.9 Å². The number of nitrogens with zero attached hydrogens (tertiary/aromatic N) is 3. The van der Waals surface area contributed by atoms with Crippen LogP contribution in [-0.4, -0.2) is 14.8 Å². The van der Waals surface area contributed by atoms with Gasteiger partial charge in [0.2, 0.25) is 0 Å². The molecule has 0 unspecified atom stereocenters. The maximum atomic E-state index is 6.42. The highest BCUT2D eigenvalue weighted by Gasteiger charge is 2.18. The molecule has 0 fully saturated rings. The summed E-state index contributed by atoms with van der Waals surface area (Å²) in [6.07, 6.45) is 1.70. The molecule has 3 aromatic rings. The molecule has 0 bridgehead atoms. The van der Waals surface area contributed by atoms with Crippen LogP contribution in [0.2, 0.25) is 5.15 Å². The molecule has 0 aliphatic rings. The van der Waals surface area contributed by atoms with Gasteiger partial charge < -0.3 is 0 Å². The first kappa shape index (κ1) is 14.6. The van der Waals surface area contributed by atoms with Crippen molar-refractivity contribution < 1.29 is 0 Å². The van der Waals surface area contributed by atoms with Crippen LogP contribution < -0.4 is 0 Å². The summed E-state index contributed by atoms with van der Waals surface area (Å²) < 4.78 is 2.50. The minimum Gasteiger partial charge on any atom is -0.236 e. The van der Waals surface area contributed by atoms with E-state index in [0.29, 0.717) is 16.9 Å². The van der Waals surface area contributed by atoms with Crippen LogP contribution >= 0.6 is 39.1 Å². The van der Waals surface area contributed by atoms with Crippen molar-refractivity contribution in [1.82, 2.24) is 14.8 Å². The molecule has 2 heterocycles. The largest absolute Gasteiger partial charge is 0.236 e. The Bertz CT molecular complexity index is 755. The van der Waals surface area contributed by atoms with Crippen molar-refractivity contribution in [3.05, 3.63) is 63.9 Å². The van der Waals surface area contributed by atoms with Crippen LogP contribution in [0, 0.1) is 0 Å². The highest BCUT2D eigenvalue weighted by molar-refractivity contribution is 9.10. The fraction of sp³-hybridized carbons (Fsp3) is 0.0667. The van der Waals surface area contributed by atoms with E-state index in [0.717, 1.165) is 21.3 Å². The second-order valence-electron chi connectivity index (χ2n) is 4.36. The first-order chi connectivity index (χ1) is 10.2. The maximum absolute atomic E-state index is 6.42. The first-order valence-electron chi connectivity index (χ1n) is 6.21. The molecule has 0 N–H and O–H groups in total. The summed E-state index contributed by atoms with van der Waals surface area (Å²) in [5.74, 6) is 0.941. The molecule has 0 saturated carbocycles. The van der Waals surface area contributed by atoms with Gasteiger partial charge in [-0.05, 0) is 28.1 Å². The number of hydrogen-bond donors (Lipinski definition) is 0. The lowest BCUT2D eigenvalue weighted by Crippen LogP contribution is -1.99. The number of hydrogen-bond acceptors (Lipinski definition) is 2. The van der Waals surface area contributed by atoms with E-state index in [1.54, 1.807) is 10.9 Å². The summed E-state index contributed by atoms with van der Waals surface area (Å²) >= 11 is 15.8. The SMILES string of the molecule is ClCc1c(-c2ccccc2)nn(-c2ccc(Br)cn2)c1Cl. The Kier molecular flexibility index (Phi) is 4.29. The second-order valence-corrected chi connectivity index (χ2v) is 5.90. The lowest BCUT2D eigenvalue weighted by Gasteiger charge is -2.01. The molecule has 0 aliphatic heterocycles. The number of rotatable bonds is 3. The van der Waals surface area contributed by atoms with Crippen molar-refractivity contribution >= 4 is 39.1 Å². The third kappa shape index (κ3) is 2.84. The van der Waals surface area contributed by atoms with Crippen molar-refractivity contribution in [3.63, 3.8) is 0 Å². The van der Waals surface area contributed by atoms with Crippen LogP contribution in [0.5, 0.6) is 0 Å². The van der Waals surface area contributed by atoms with Crippen LogP contribution in [0.15, 0.2) is 53.1 Å². The number of pyridine rings is 1. The summed E-state index contributed by atoms with van der Waals surface area (Å²) in [5.41, 5.74) is 2.56. The highest BCUT2D eigenvalue weighted by Crippen LogP contribution is 2.31. The van der Waals surface area contributed by atoms with E-state index in [9.17, 15) is 0 Å². The lowest BCUT2D eigenvalue weighted by molar-refractivity contribution is 0.849. The Labute approximate surface area is 140 Å². The van der Waals surface area contributed by atoms with Crippen LogP contribution in [0.1, 0.15) is 5.56 Å². The first-order valence-corrected chi connectivity index (χ1v) is 7.92. The summed E-state index contributed by atoms with van der Waals surface area (Å²) in [6, 6.07) is 13.6. The normalized spacial score (nSPS) is 10.8. The molecule has 0 aliphatic carbocycles. The molecule has 0 atom stereocenters. The number of benzene rings is 1. The lowest BCUT2D eigenvalue weighted by atomic mass is 10.1. The molecule has 0 amide bonds. The van der Waals surface area contributed by atoms with E-state index in [-0.39, 0.29) is 0 Å². The summed E-state index contributed by atoms with van der Waals surface area (Å²) in [5, 5.41) is 5.06. The monoisotopic (exact) mass is 381 g/mol. The maximum Gasteiger partial charge on any atom is 0.155 e. The molecular formula is C15H10BrCl2N3. The van der Waals surface area contributed by atoms with Crippen LogP contribution in [0.25, 0.3) is 17.1 Å². The number of alkyl halides is 1. The van der Waals surface area contributed by atoms with Crippen molar-refractivity contribution in [2.45, 2.75) is 5.88 Å². The van der Waals surface area contributed by atoms with E-state index in [4.69, 9.17) is 23.2 Å². The van der Waals surface area contributed by atoms with E-state index < -0.39 is 0 Å². The van der Waals surface area contributed by atoms with Crippen molar-refractivity contribution in [2.75, 3.05) is 0 Å². The number of aromatic nitrogens is 3. The van der Waals surface area contributed by atoms with Gasteiger partial charge in [0.1, 0.15) is 5.15 Å². The van der Waals surface area contributed by atoms with E-state index in [2.05, 4.69) is 26.0 Å². The molecule has 1 aromatic carbocycles. The second kappa shape index (κ2) is 6.18. The van der Waals surface area contributed by atoms with Crippen LogP contribution in [-0.2, 0) is 5.88 Å². The van der Waals surface area contributed by atoms with Gasteiger partial charge in [-0.15, -0.1) is 11.6 Å². The van der Waals surface area contributed by atoms with Gasteiger partial charge in [0.05, 0.1) is 11.6 Å². The zero-order chi connectivity index (χ0) is 14.8. The molecule has 3 nitrogen and oxygen atoms in total. The van der Waals surface area contributed by atoms with Crippen molar-refractivity contribution in [3.8, 4) is 17.1 Å². The zero-order valence-electron chi connectivity index (χ0n) is 10.8. The fourth-order valence-electron chi connectivity index (χ4n) is 2.02. The molecule has 0 saturated heterocycles. The van der Waals surface area contributed by atoms with Gasteiger partial charge in [-0.3, -0.25) is 0 Å². The highest BCUT2D eigenvalue weighted by atomic mass is 79.9. The van der Waals surface area contributed by atoms with E-state index >= 15 is 0 Å². The minimum absolute atomic E-state index is 0.291. The topological polar surface area (TPSA) is 30.7 Å². The molecule has 0 spiro atoms. The predicted octanol–water partition coefficient (Wildman–Crippen LogP) is 5.09. The summed E-state index contributed by atoms with van der Waals surface area (Å²) in [4.78, 5) is 4.32. The van der Waals surface area contributed by atoms with Gasteiger partial charge in [-0.2, -0.15) is 5.10 Å². The van der Waals surface area contributed by atoms with E-state index in [1.165, 1.54) is 0 Å². The molecule has 6 heteroatoms. The summed E-state index contributed by atoms with van der Waals surface area (Å²) in [7, 11) is 0. The fourth-order valence-corrected chi connectivity index (χ4v) is 2.86. The molecule has 3 rings (SSSR count). The molecular weight excluding hydrogens is 373 g/mol. The third-order valence-electron chi connectivity index (χ3n) is 3.03. The Morgan fingerprint density at radius 3 is 2.48 bits per heavy atom. The van der Waals surface area contributed by atoms with Gasteiger partial charge in [0, 0.05) is 21.8 Å². The smallest absolute Gasteiger partial charge is 0.155 e. The third-order valence-corrected chi connectivity index (χ3v) is 4.16. The Hall–Kier alpha value is -1.36. The van der Waals surface area contributed by atoms with Crippen LogP contribution in [0.3, 0.4) is 0 Å². The van der Waals surface area contributed by atoms with Gasteiger partial charge >= 0.3 is 0 Å². The molecule has 0 radical (unpaired) electrons. The number of halogens is 3. The zero-order valence-corrected chi connectivity index (χ0v) is 13.9.